The molecule has 1 saturated carbocycles. The summed E-state index contributed by atoms with van der Waals surface area (Å²) in [6.07, 6.45) is 0.537. The Bertz CT molecular complexity index is 242. The highest BCUT2D eigenvalue weighted by molar-refractivity contribution is 7.16. The molecule has 10 heavy (non-hydrogen) atoms. The van der Waals surface area contributed by atoms with Crippen molar-refractivity contribution < 1.29 is 9.59 Å². The molecular formula is C5H7N2O2P. The minimum atomic E-state index is -0.821. The third kappa shape index (κ3) is 0.456. The van der Waals surface area contributed by atoms with E-state index in [0.29, 0.717) is 6.42 Å². The average Bonchev–Trinajstić information content (AvgIpc) is 2.54. The van der Waals surface area contributed by atoms with Gasteiger partial charge in [-0.2, -0.15) is 0 Å². The maximum atomic E-state index is 11.0. The zero-order chi connectivity index (χ0) is 7.52. The van der Waals surface area contributed by atoms with Crippen LogP contribution in [0, 0.1) is 5.92 Å². The van der Waals surface area contributed by atoms with Crippen molar-refractivity contribution in [2.75, 3.05) is 0 Å². The highest BCUT2D eigenvalue weighted by Gasteiger charge is 2.69. The van der Waals surface area contributed by atoms with Crippen molar-refractivity contribution in [2.24, 2.45) is 11.7 Å². The Morgan fingerprint density at radius 2 is 2.30 bits per heavy atom. The first-order chi connectivity index (χ1) is 4.57. The van der Waals surface area contributed by atoms with Crippen LogP contribution in [0.2, 0.25) is 0 Å². The number of piperidine rings is 1. The molecule has 0 aromatic carbocycles. The number of hydrogen-bond donors (Lipinski definition) is 1. The number of rotatable bonds is 0. The van der Waals surface area contributed by atoms with Crippen molar-refractivity contribution in [1.29, 1.82) is 0 Å². The molecule has 2 fully saturated rings. The molecular weight excluding hydrogens is 151 g/mol. The lowest BCUT2D eigenvalue weighted by Gasteiger charge is -2.09. The van der Waals surface area contributed by atoms with Gasteiger partial charge in [0.2, 0.25) is 5.91 Å². The quantitative estimate of drug-likeness (QED) is 0.358. The monoisotopic (exact) mass is 158 g/mol. The van der Waals surface area contributed by atoms with Gasteiger partial charge < -0.3 is 5.73 Å². The first-order valence-electron chi connectivity index (χ1n) is 2.99. The van der Waals surface area contributed by atoms with Gasteiger partial charge in [-0.05, 0) is 15.8 Å². The SMILES string of the molecule is NC12CC1C(=O)N(P)C2=O. The Morgan fingerprint density at radius 1 is 1.70 bits per heavy atom. The van der Waals surface area contributed by atoms with Crippen LogP contribution in [0.4, 0.5) is 0 Å². The predicted molar refractivity (Wildman–Crippen MR) is 36.6 cm³/mol. The molecule has 2 amide bonds. The molecule has 0 spiro atoms. The van der Waals surface area contributed by atoms with E-state index in [1.54, 1.807) is 0 Å². The van der Waals surface area contributed by atoms with Crippen LogP contribution in [0.25, 0.3) is 0 Å². The number of carbonyl (C=O) groups is 2. The standard InChI is InChI=1S/C5H7N2O2P/c6-5-1-2(5)3(8)7(10)4(5)9/h2H,1,6,10H2. The summed E-state index contributed by atoms with van der Waals surface area (Å²) < 4.78 is 1.04. The van der Waals surface area contributed by atoms with Gasteiger partial charge in [0.1, 0.15) is 5.54 Å². The minimum Gasteiger partial charge on any atom is -0.317 e. The largest absolute Gasteiger partial charge is 0.317 e. The van der Waals surface area contributed by atoms with E-state index in [0.717, 1.165) is 4.67 Å². The number of nitrogens with zero attached hydrogens (tertiary/aromatic N) is 1. The topological polar surface area (TPSA) is 63.4 Å². The van der Waals surface area contributed by atoms with Crippen LogP contribution in [-0.4, -0.2) is 22.0 Å². The maximum absolute atomic E-state index is 11.0. The van der Waals surface area contributed by atoms with E-state index in [9.17, 15) is 9.59 Å². The number of carbonyl (C=O) groups excluding carboxylic acids is 2. The van der Waals surface area contributed by atoms with Gasteiger partial charge in [-0.25, -0.2) is 0 Å². The molecule has 0 radical (unpaired) electrons. The second-order valence-electron chi connectivity index (χ2n) is 2.81. The van der Waals surface area contributed by atoms with Crippen molar-refractivity contribution in [3.05, 3.63) is 0 Å². The molecule has 1 aliphatic heterocycles. The molecule has 1 saturated heterocycles. The predicted octanol–water partition coefficient (Wildman–Crippen LogP) is -1.14. The maximum Gasteiger partial charge on any atom is 0.252 e. The average molecular weight is 158 g/mol. The minimum absolute atomic E-state index is 0.155. The van der Waals surface area contributed by atoms with Crippen LogP contribution < -0.4 is 5.73 Å². The van der Waals surface area contributed by atoms with Crippen molar-refractivity contribution in [3.8, 4) is 0 Å². The highest BCUT2D eigenvalue weighted by atomic mass is 31.0. The Hall–Kier alpha value is -0.470. The fourth-order valence-electron chi connectivity index (χ4n) is 1.32. The van der Waals surface area contributed by atoms with Crippen molar-refractivity contribution in [2.45, 2.75) is 12.0 Å². The van der Waals surface area contributed by atoms with Gasteiger partial charge in [-0.15, -0.1) is 0 Å². The summed E-state index contributed by atoms with van der Waals surface area (Å²) >= 11 is 0. The van der Waals surface area contributed by atoms with Gasteiger partial charge >= 0.3 is 0 Å². The molecule has 4 nitrogen and oxygen atoms in total. The van der Waals surface area contributed by atoms with Crippen LogP contribution in [0.5, 0.6) is 0 Å². The zero-order valence-corrected chi connectivity index (χ0v) is 6.36. The first kappa shape index (κ1) is 6.25. The third-order valence-electron chi connectivity index (χ3n) is 2.16. The molecule has 3 unspecified atom stereocenters. The Balaban J connectivity index is 2.40. The van der Waals surface area contributed by atoms with Gasteiger partial charge in [0.25, 0.3) is 5.91 Å². The summed E-state index contributed by atoms with van der Waals surface area (Å²) in [4.78, 5) is 22.0. The van der Waals surface area contributed by atoms with Gasteiger partial charge in [-0.3, -0.25) is 14.3 Å². The lowest BCUT2D eigenvalue weighted by atomic mass is 10.3. The normalized spacial score (nSPS) is 44.2. The summed E-state index contributed by atoms with van der Waals surface area (Å²) in [7, 11) is 2.08. The second kappa shape index (κ2) is 1.41. The Labute approximate surface area is 60.0 Å². The molecule has 0 bridgehead atoms. The fraction of sp³-hybridized carbons (Fsp3) is 0.600. The van der Waals surface area contributed by atoms with Crippen LogP contribution >= 0.6 is 9.39 Å². The number of nitrogens with two attached hydrogens (primary N) is 1. The number of imide groups is 1. The van der Waals surface area contributed by atoms with E-state index in [2.05, 4.69) is 9.39 Å². The first-order valence-corrected chi connectivity index (χ1v) is 3.51. The van der Waals surface area contributed by atoms with E-state index < -0.39 is 5.54 Å². The molecule has 1 aliphatic carbocycles. The Kier molecular flexibility index (Phi) is 0.881. The van der Waals surface area contributed by atoms with E-state index in [4.69, 9.17) is 5.73 Å². The second-order valence-corrected chi connectivity index (χ2v) is 3.33. The summed E-state index contributed by atoms with van der Waals surface area (Å²) in [6, 6.07) is 0. The van der Waals surface area contributed by atoms with Crippen molar-refractivity contribution >= 4 is 21.2 Å². The van der Waals surface area contributed by atoms with Crippen LogP contribution in [0.3, 0.4) is 0 Å². The van der Waals surface area contributed by atoms with Crippen molar-refractivity contribution in [3.63, 3.8) is 0 Å². The summed E-state index contributed by atoms with van der Waals surface area (Å²) in [5.41, 5.74) is 4.73. The van der Waals surface area contributed by atoms with E-state index in [1.165, 1.54) is 0 Å². The molecule has 3 atom stereocenters. The van der Waals surface area contributed by atoms with Crippen LogP contribution in [-0.2, 0) is 9.59 Å². The van der Waals surface area contributed by atoms with Gasteiger partial charge in [0.15, 0.2) is 0 Å². The molecule has 54 valence electrons. The number of fused-ring (bicyclic) bond motifs is 1. The van der Waals surface area contributed by atoms with E-state index in [-0.39, 0.29) is 17.7 Å². The smallest absolute Gasteiger partial charge is 0.252 e. The van der Waals surface area contributed by atoms with Crippen LogP contribution in [0.15, 0.2) is 0 Å². The zero-order valence-electron chi connectivity index (χ0n) is 5.20. The van der Waals surface area contributed by atoms with Gasteiger partial charge in [-0.1, -0.05) is 0 Å². The van der Waals surface area contributed by atoms with Crippen molar-refractivity contribution in [1.82, 2.24) is 4.67 Å². The third-order valence-corrected chi connectivity index (χ3v) is 2.65. The van der Waals surface area contributed by atoms with E-state index >= 15 is 0 Å². The molecule has 2 N–H and O–H groups in total. The molecule has 2 rings (SSSR count). The summed E-state index contributed by atoms with van der Waals surface area (Å²) in [5.74, 6) is -0.637. The Morgan fingerprint density at radius 3 is 2.50 bits per heavy atom. The number of hydrogen-bond acceptors (Lipinski definition) is 3. The van der Waals surface area contributed by atoms with Crippen LogP contribution in [0.1, 0.15) is 6.42 Å². The highest BCUT2D eigenvalue weighted by Crippen LogP contribution is 2.50. The summed E-state index contributed by atoms with van der Waals surface area (Å²) in [5, 5.41) is 0. The van der Waals surface area contributed by atoms with E-state index in [1.807, 2.05) is 0 Å². The fourth-order valence-corrected chi connectivity index (χ4v) is 1.74. The molecule has 5 heteroatoms. The molecule has 1 heterocycles. The number of amides is 2. The summed E-state index contributed by atoms with van der Waals surface area (Å²) in [6.45, 7) is 0. The van der Waals surface area contributed by atoms with Gasteiger partial charge in [0, 0.05) is 0 Å². The molecule has 2 aliphatic rings. The lowest BCUT2D eigenvalue weighted by molar-refractivity contribution is -0.135. The molecule has 0 aromatic heterocycles. The van der Waals surface area contributed by atoms with Gasteiger partial charge in [0.05, 0.1) is 5.92 Å². The molecule has 0 aromatic rings. The lowest BCUT2D eigenvalue weighted by Crippen LogP contribution is -2.36.